The monoisotopic (exact) mass is 373 g/mol. The quantitative estimate of drug-likeness (QED) is 0.898. The van der Waals surface area contributed by atoms with Crippen LogP contribution in [0.1, 0.15) is 55.8 Å². The third kappa shape index (κ3) is 3.43. The third-order valence-electron chi connectivity index (χ3n) is 5.67. The summed E-state index contributed by atoms with van der Waals surface area (Å²) in [6.07, 6.45) is 6.52. The molecule has 0 bridgehead atoms. The molecule has 2 atom stereocenters. The Morgan fingerprint density at radius 1 is 1.23 bits per heavy atom. The van der Waals surface area contributed by atoms with E-state index >= 15 is 0 Å². The van der Waals surface area contributed by atoms with E-state index in [9.17, 15) is 9.59 Å². The standard InChI is InChI=1S/C20H27N3O2S/c1-12-9-13(2)11-23(10-12)17(24)8-7-16-21-19(25)18-14-5-3-4-6-15(14)26-20(18)22-16/h12-13H,3-11H2,1-2H3,(H,21,22,25)/t12-,13+. The van der Waals surface area contributed by atoms with Crippen molar-refractivity contribution in [3.8, 4) is 0 Å². The average Bonchev–Trinajstić information content (AvgIpc) is 2.97. The smallest absolute Gasteiger partial charge is 0.259 e. The molecule has 1 aliphatic heterocycles. The van der Waals surface area contributed by atoms with Gasteiger partial charge in [0.05, 0.1) is 5.39 Å². The number of likely N-dealkylation sites (tertiary alicyclic amines) is 1. The first-order valence-corrected chi connectivity index (χ1v) is 10.6. The summed E-state index contributed by atoms with van der Waals surface area (Å²) in [5, 5.41) is 0.790. The van der Waals surface area contributed by atoms with E-state index in [0.29, 0.717) is 30.5 Å². The molecular formula is C20H27N3O2S. The van der Waals surface area contributed by atoms with Crippen LogP contribution in [-0.2, 0) is 24.1 Å². The van der Waals surface area contributed by atoms with Gasteiger partial charge in [-0.3, -0.25) is 9.59 Å². The number of carbonyl (C=O) groups excluding carboxylic acids is 1. The lowest BCUT2D eigenvalue weighted by Crippen LogP contribution is -2.42. The van der Waals surface area contributed by atoms with Crippen LogP contribution in [0.5, 0.6) is 0 Å². The van der Waals surface area contributed by atoms with Gasteiger partial charge in [0, 0.05) is 30.8 Å². The summed E-state index contributed by atoms with van der Waals surface area (Å²) < 4.78 is 0. The fraction of sp³-hybridized carbons (Fsp3) is 0.650. The van der Waals surface area contributed by atoms with E-state index in [2.05, 4.69) is 23.8 Å². The number of H-pyrrole nitrogens is 1. The minimum Gasteiger partial charge on any atom is -0.342 e. The molecule has 1 N–H and O–H groups in total. The molecule has 3 heterocycles. The van der Waals surface area contributed by atoms with Gasteiger partial charge < -0.3 is 9.88 Å². The van der Waals surface area contributed by atoms with Crippen LogP contribution < -0.4 is 5.56 Å². The summed E-state index contributed by atoms with van der Waals surface area (Å²) in [4.78, 5) is 36.9. The van der Waals surface area contributed by atoms with Crippen molar-refractivity contribution in [3.63, 3.8) is 0 Å². The summed E-state index contributed by atoms with van der Waals surface area (Å²) in [7, 11) is 0. The van der Waals surface area contributed by atoms with Crippen LogP contribution in [0, 0.1) is 11.8 Å². The number of nitrogens with zero attached hydrogens (tertiary/aromatic N) is 2. The summed E-state index contributed by atoms with van der Waals surface area (Å²) in [5.74, 6) is 1.95. The Labute approximate surface area is 157 Å². The first kappa shape index (κ1) is 17.7. The molecule has 26 heavy (non-hydrogen) atoms. The van der Waals surface area contributed by atoms with Crippen molar-refractivity contribution in [1.82, 2.24) is 14.9 Å². The average molecular weight is 374 g/mol. The summed E-state index contributed by atoms with van der Waals surface area (Å²) in [6.45, 7) is 6.12. The Balaban J connectivity index is 1.49. The highest BCUT2D eigenvalue weighted by Gasteiger charge is 2.25. The van der Waals surface area contributed by atoms with Crippen LogP contribution in [0.2, 0.25) is 0 Å². The third-order valence-corrected chi connectivity index (χ3v) is 6.86. The van der Waals surface area contributed by atoms with Crippen LogP contribution >= 0.6 is 11.3 Å². The van der Waals surface area contributed by atoms with Crippen molar-refractivity contribution >= 4 is 27.5 Å². The Morgan fingerprint density at radius 2 is 1.96 bits per heavy atom. The van der Waals surface area contributed by atoms with Crippen LogP contribution in [-0.4, -0.2) is 33.9 Å². The molecule has 0 aromatic carbocycles. The highest BCUT2D eigenvalue weighted by molar-refractivity contribution is 7.18. The lowest BCUT2D eigenvalue weighted by molar-refractivity contribution is -0.133. The highest BCUT2D eigenvalue weighted by Crippen LogP contribution is 2.33. The number of rotatable bonds is 3. The maximum Gasteiger partial charge on any atom is 0.259 e. The maximum atomic E-state index is 12.6. The van der Waals surface area contributed by atoms with Crippen LogP contribution in [0.15, 0.2) is 4.79 Å². The van der Waals surface area contributed by atoms with Crippen LogP contribution in [0.3, 0.4) is 0 Å². The molecular weight excluding hydrogens is 346 g/mol. The number of carbonyl (C=O) groups is 1. The fourth-order valence-electron chi connectivity index (χ4n) is 4.58. The normalized spacial score (nSPS) is 23.2. The summed E-state index contributed by atoms with van der Waals surface area (Å²) in [5.41, 5.74) is 1.18. The van der Waals surface area contributed by atoms with Crippen molar-refractivity contribution in [3.05, 3.63) is 26.6 Å². The number of aromatic nitrogens is 2. The Bertz CT molecular complexity index is 875. The van der Waals surface area contributed by atoms with Gasteiger partial charge in [-0.15, -0.1) is 11.3 Å². The van der Waals surface area contributed by atoms with E-state index in [1.54, 1.807) is 11.3 Å². The van der Waals surface area contributed by atoms with E-state index < -0.39 is 0 Å². The van der Waals surface area contributed by atoms with Crippen molar-refractivity contribution in [2.45, 2.75) is 58.8 Å². The predicted octanol–water partition coefficient (Wildman–Crippen LogP) is 3.30. The molecule has 0 saturated carbocycles. The number of aryl methyl sites for hydroxylation is 3. The van der Waals surface area contributed by atoms with E-state index in [-0.39, 0.29) is 11.5 Å². The lowest BCUT2D eigenvalue weighted by Gasteiger charge is -2.35. The van der Waals surface area contributed by atoms with Gasteiger partial charge in [0.25, 0.3) is 5.56 Å². The van der Waals surface area contributed by atoms with Crippen LogP contribution in [0.25, 0.3) is 10.2 Å². The molecule has 0 radical (unpaired) electrons. The molecule has 6 heteroatoms. The van der Waals surface area contributed by atoms with E-state index in [1.807, 2.05) is 4.90 Å². The molecule has 5 nitrogen and oxygen atoms in total. The number of aromatic amines is 1. The molecule has 2 aromatic heterocycles. The predicted molar refractivity (Wildman–Crippen MR) is 105 cm³/mol. The zero-order valence-electron chi connectivity index (χ0n) is 15.6. The second-order valence-electron chi connectivity index (χ2n) is 8.15. The van der Waals surface area contributed by atoms with Crippen molar-refractivity contribution < 1.29 is 4.79 Å². The molecule has 140 valence electrons. The van der Waals surface area contributed by atoms with Crippen molar-refractivity contribution in [2.24, 2.45) is 11.8 Å². The molecule has 1 fully saturated rings. The molecule has 2 aromatic rings. The second kappa shape index (κ2) is 7.14. The lowest BCUT2D eigenvalue weighted by atomic mass is 9.91. The number of hydrogen-bond acceptors (Lipinski definition) is 4. The van der Waals surface area contributed by atoms with Gasteiger partial charge in [-0.05, 0) is 49.5 Å². The van der Waals surface area contributed by atoms with Gasteiger partial charge in [0.1, 0.15) is 10.7 Å². The van der Waals surface area contributed by atoms with Crippen molar-refractivity contribution in [1.29, 1.82) is 0 Å². The highest BCUT2D eigenvalue weighted by atomic mass is 32.1. The Morgan fingerprint density at radius 3 is 2.73 bits per heavy atom. The molecule has 1 saturated heterocycles. The number of thiophene rings is 1. The molecule has 1 amide bonds. The topological polar surface area (TPSA) is 66.1 Å². The van der Waals surface area contributed by atoms with Gasteiger partial charge in [0.15, 0.2) is 0 Å². The molecule has 1 aliphatic carbocycles. The zero-order chi connectivity index (χ0) is 18.3. The van der Waals surface area contributed by atoms with E-state index in [1.165, 1.54) is 23.3 Å². The van der Waals surface area contributed by atoms with Gasteiger partial charge in [-0.2, -0.15) is 0 Å². The number of nitrogens with one attached hydrogen (secondary N) is 1. The zero-order valence-corrected chi connectivity index (χ0v) is 16.5. The molecule has 4 rings (SSSR count). The van der Waals surface area contributed by atoms with Gasteiger partial charge >= 0.3 is 0 Å². The van der Waals surface area contributed by atoms with E-state index in [4.69, 9.17) is 0 Å². The summed E-state index contributed by atoms with van der Waals surface area (Å²) >= 11 is 1.66. The van der Waals surface area contributed by atoms with Crippen molar-refractivity contribution in [2.75, 3.05) is 13.1 Å². The van der Waals surface area contributed by atoms with Gasteiger partial charge in [0.2, 0.25) is 5.91 Å². The molecule has 0 unspecified atom stereocenters. The SMILES string of the molecule is C[C@@H]1C[C@H](C)CN(C(=O)CCc2nc3sc4c(c3c(=O)[nH]2)CCCC4)C1. The van der Waals surface area contributed by atoms with Gasteiger partial charge in [-0.1, -0.05) is 13.8 Å². The maximum absolute atomic E-state index is 12.6. The fourth-order valence-corrected chi connectivity index (χ4v) is 5.86. The number of hydrogen-bond donors (Lipinski definition) is 1. The number of amides is 1. The molecule has 0 spiro atoms. The minimum absolute atomic E-state index is 0.0305. The first-order chi connectivity index (χ1) is 12.5. The summed E-state index contributed by atoms with van der Waals surface area (Å²) in [6, 6.07) is 0. The largest absolute Gasteiger partial charge is 0.342 e. The van der Waals surface area contributed by atoms with E-state index in [0.717, 1.165) is 42.6 Å². The van der Waals surface area contributed by atoms with Gasteiger partial charge in [-0.25, -0.2) is 4.98 Å². The molecule has 2 aliphatic rings. The second-order valence-corrected chi connectivity index (χ2v) is 9.23. The first-order valence-electron chi connectivity index (χ1n) is 9.82. The Hall–Kier alpha value is -1.69. The van der Waals surface area contributed by atoms with Crippen LogP contribution in [0.4, 0.5) is 0 Å². The number of fused-ring (bicyclic) bond motifs is 3. The number of piperidine rings is 1. The Kier molecular flexibility index (Phi) is 4.86. The minimum atomic E-state index is -0.0305.